The van der Waals surface area contributed by atoms with Crippen molar-refractivity contribution in [1.82, 2.24) is 10.2 Å². The zero-order valence-electron chi connectivity index (χ0n) is 12.8. The quantitative estimate of drug-likeness (QED) is 0.845. The van der Waals surface area contributed by atoms with Gasteiger partial charge in [-0.05, 0) is 36.9 Å². The molecule has 5 nitrogen and oxygen atoms in total. The normalized spacial score (nSPS) is 24.6. The Kier molecular flexibility index (Phi) is 4.95. The fraction of sp³-hybridized carbons (Fsp3) is 0.588. The van der Waals surface area contributed by atoms with E-state index in [1.54, 1.807) is 0 Å². The van der Waals surface area contributed by atoms with Crippen molar-refractivity contribution < 1.29 is 14.6 Å². The topological polar surface area (TPSA) is 61.8 Å². The van der Waals surface area contributed by atoms with E-state index in [9.17, 15) is 9.90 Å². The fourth-order valence-electron chi connectivity index (χ4n) is 3.30. The van der Waals surface area contributed by atoms with E-state index in [0.29, 0.717) is 19.0 Å². The van der Waals surface area contributed by atoms with Crippen molar-refractivity contribution in [2.75, 3.05) is 32.8 Å². The maximum absolute atomic E-state index is 12.1. The number of rotatable bonds is 5. The predicted octanol–water partition coefficient (Wildman–Crippen LogP) is 0.811. The summed E-state index contributed by atoms with van der Waals surface area (Å²) in [5.41, 5.74) is 1.21. The molecule has 0 saturated carbocycles. The molecule has 1 saturated heterocycles. The van der Waals surface area contributed by atoms with E-state index in [-0.39, 0.29) is 18.6 Å². The second-order valence-corrected chi connectivity index (χ2v) is 6.28. The average molecular weight is 304 g/mol. The van der Waals surface area contributed by atoms with Gasteiger partial charge in [-0.25, -0.2) is 0 Å². The standard InChI is InChI=1S/C17H24N2O3/c20-12-13-4-3-7-19(10-13)11-17(21)18-9-15-8-14-5-1-2-6-16(14)22-15/h1-2,5-6,13,15,20H,3-4,7-12H2,(H,18,21). The molecule has 1 aromatic carbocycles. The van der Waals surface area contributed by atoms with Gasteiger partial charge in [0.05, 0.1) is 13.1 Å². The summed E-state index contributed by atoms with van der Waals surface area (Å²) >= 11 is 0. The Balaban J connectivity index is 1.40. The van der Waals surface area contributed by atoms with E-state index >= 15 is 0 Å². The van der Waals surface area contributed by atoms with Crippen molar-refractivity contribution in [2.24, 2.45) is 5.92 Å². The molecule has 0 aliphatic carbocycles. The van der Waals surface area contributed by atoms with Gasteiger partial charge in [-0.15, -0.1) is 0 Å². The first kappa shape index (κ1) is 15.3. The first-order valence-electron chi connectivity index (χ1n) is 8.09. The Morgan fingerprint density at radius 1 is 1.41 bits per heavy atom. The highest BCUT2D eigenvalue weighted by Gasteiger charge is 2.24. The van der Waals surface area contributed by atoms with Crippen molar-refractivity contribution in [2.45, 2.75) is 25.4 Å². The van der Waals surface area contributed by atoms with Crippen molar-refractivity contribution in [3.8, 4) is 5.75 Å². The van der Waals surface area contributed by atoms with Crippen molar-refractivity contribution in [3.05, 3.63) is 29.8 Å². The van der Waals surface area contributed by atoms with Gasteiger partial charge in [0.1, 0.15) is 11.9 Å². The molecule has 2 aliphatic heterocycles. The second kappa shape index (κ2) is 7.11. The Hall–Kier alpha value is -1.59. The third-order valence-electron chi connectivity index (χ3n) is 4.47. The number of carbonyl (C=O) groups excluding carboxylic acids is 1. The minimum absolute atomic E-state index is 0.0351. The average Bonchev–Trinajstić information content (AvgIpc) is 2.96. The lowest BCUT2D eigenvalue weighted by atomic mass is 9.99. The number of hydrogen-bond acceptors (Lipinski definition) is 4. The number of para-hydroxylation sites is 1. The minimum atomic E-state index is 0.0351. The van der Waals surface area contributed by atoms with E-state index in [2.05, 4.69) is 16.3 Å². The lowest BCUT2D eigenvalue weighted by molar-refractivity contribution is -0.123. The summed E-state index contributed by atoms with van der Waals surface area (Å²) in [4.78, 5) is 14.2. The summed E-state index contributed by atoms with van der Waals surface area (Å²) in [7, 11) is 0. The van der Waals surface area contributed by atoms with Crippen LogP contribution in [0, 0.1) is 5.92 Å². The van der Waals surface area contributed by atoms with Gasteiger partial charge in [0, 0.05) is 19.6 Å². The molecule has 2 heterocycles. The Labute approximate surface area is 131 Å². The van der Waals surface area contributed by atoms with Gasteiger partial charge in [0.15, 0.2) is 0 Å². The van der Waals surface area contributed by atoms with Crippen molar-refractivity contribution in [1.29, 1.82) is 0 Å². The van der Waals surface area contributed by atoms with E-state index in [4.69, 9.17) is 4.74 Å². The number of benzene rings is 1. The summed E-state index contributed by atoms with van der Waals surface area (Å²) in [5, 5.41) is 12.2. The molecule has 0 aromatic heterocycles. The predicted molar refractivity (Wildman–Crippen MR) is 83.8 cm³/mol. The monoisotopic (exact) mass is 304 g/mol. The van der Waals surface area contributed by atoms with E-state index in [1.807, 2.05) is 18.2 Å². The second-order valence-electron chi connectivity index (χ2n) is 6.28. The number of fused-ring (bicyclic) bond motifs is 1. The van der Waals surface area contributed by atoms with E-state index in [1.165, 1.54) is 5.56 Å². The highest BCUT2D eigenvalue weighted by molar-refractivity contribution is 5.78. The van der Waals surface area contributed by atoms with Crippen LogP contribution in [-0.4, -0.2) is 54.8 Å². The van der Waals surface area contributed by atoms with Crippen LogP contribution in [0.4, 0.5) is 0 Å². The molecule has 2 aliphatic rings. The first-order chi connectivity index (χ1) is 10.7. The Morgan fingerprint density at radius 3 is 3.09 bits per heavy atom. The molecule has 3 rings (SSSR count). The van der Waals surface area contributed by atoms with Crippen LogP contribution in [-0.2, 0) is 11.2 Å². The fourth-order valence-corrected chi connectivity index (χ4v) is 3.30. The van der Waals surface area contributed by atoms with Crippen LogP contribution in [0.3, 0.4) is 0 Å². The molecule has 22 heavy (non-hydrogen) atoms. The number of likely N-dealkylation sites (tertiary alicyclic amines) is 1. The van der Waals surface area contributed by atoms with Gasteiger partial charge in [-0.2, -0.15) is 0 Å². The summed E-state index contributed by atoms with van der Waals surface area (Å²) in [5.74, 6) is 1.29. The number of aliphatic hydroxyl groups excluding tert-OH is 1. The number of piperidine rings is 1. The molecule has 2 N–H and O–H groups in total. The van der Waals surface area contributed by atoms with Crippen LogP contribution in [0.2, 0.25) is 0 Å². The highest BCUT2D eigenvalue weighted by Crippen LogP contribution is 2.27. The molecule has 1 fully saturated rings. The maximum atomic E-state index is 12.1. The molecule has 0 spiro atoms. The largest absolute Gasteiger partial charge is 0.488 e. The Morgan fingerprint density at radius 2 is 2.27 bits per heavy atom. The van der Waals surface area contributed by atoms with Crippen LogP contribution < -0.4 is 10.1 Å². The first-order valence-corrected chi connectivity index (χ1v) is 8.09. The number of nitrogens with one attached hydrogen (secondary N) is 1. The van der Waals surface area contributed by atoms with E-state index < -0.39 is 0 Å². The summed E-state index contributed by atoms with van der Waals surface area (Å²) < 4.78 is 5.82. The van der Waals surface area contributed by atoms with Gasteiger partial charge in [0.25, 0.3) is 0 Å². The smallest absolute Gasteiger partial charge is 0.234 e. The molecule has 2 atom stereocenters. The van der Waals surface area contributed by atoms with Gasteiger partial charge < -0.3 is 15.2 Å². The number of hydrogen-bond donors (Lipinski definition) is 2. The summed E-state index contributed by atoms with van der Waals surface area (Å²) in [6.45, 7) is 2.93. The van der Waals surface area contributed by atoms with Gasteiger partial charge in [0.2, 0.25) is 5.91 Å². The molecule has 120 valence electrons. The zero-order valence-corrected chi connectivity index (χ0v) is 12.8. The third kappa shape index (κ3) is 3.78. The van der Waals surface area contributed by atoms with Gasteiger partial charge in [-0.1, -0.05) is 18.2 Å². The number of aliphatic hydroxyl groups is 1. The number of nitrogens with zero attached hydrogens (tertiary/aromatic N) is 1. The van der Waals surface area contributed by atoms with Crippen LogP contribution in [0.5, 0.6) is 5.75 Å². The summed E-state index contributed by atoms with van der Waals surface area (Å²) in [6, 6.07) is 8.02. The van der Waals surface area contributed by atoms with Crippen molar-refractivity contribution >= 4 is 5.91 Å². The zero-order chi connectivity index (χ0) is 15.4. The molecule has 1 amide bonds. The molecule has 5 heteroatoms. The highest BCUT2D eigenvalue weighted by atomic mass is 16.5. The van der Waals surface area contributed by atoms with Gasteiger partial charge >= 0.3 is 0 Å². The SMILES string of the molecule is O=C(CN1CCCC(CO)C1)NCC1Cc2ccccc2O1. The van der Waals surface area contributed by atoms with Crippen LogP contribution in [0.15, 0.2) is 24.3 Å². The summed E-state index contributed by atoms with van der Waals surface area (Å²) in [6.07, 6.45) is 3.00. The lowest BCUT2D eigenvalue weighted by Crippen LogP contribution is -2.45. The molecule has 0 radical (unpaired) electrons. The minimum Gasteiger partial charge on any atom is -0.488 e. The number of amides is 1. The van der Waals surface area contributed by atoms with Gasteiger partial charge in [-0.3, -0.25) is 9.69 Å². The molecule has 1 aromatic rings. The van der Waals surface area contributed by atoms with Crippen LogP contribution >= 0.6 is 0 Å². The number of ether oxygens (including phenoxy) is 1. The van der Waals surface area contributed by atoms with Crippen LogP contribution in [0.1, 0.15) is 18.4 Å². The van der Waals surface area contributed by atoms with E-state index in [0.717, 1.165) is 38.1 Å². The Bertz CT molecular complexity index is 495. The third-order valence-corrected chi connectivity index (χ3v) is 4.47. The molecular formula is C17H24N2O3. The maximum Gasteiger partial charge on any atom is 0.234 e. The molecular weight excluding hydrogens is 280 g/mol. The van der Waals surface area contributed by atoms with Crippen molar-refractivity contribution in [3.63, 3.8) is 0 Å². The number of carbonyl (C=O) groups is 1. The molecule has 0 bridgehead atoms. The lowest BCUT2D eigenvalue weighted by Gasteiger charge is -2.31. The molecule has 2 unspecified atom stereocenters. The van der Waals surface area contributed by atoms with Crippen LogP contribution in [0.25, 0.3) is 0 Å².